The molecule has 2 rings (SSSR count). The molecule has 1 heterocycles. The van der Waals surface area contributed by atoms with Crippen molar-refractivity contribution in [3.63, 3.8) is 0 Å². The summed E-state index contributed by atoms with van der Waals surface area (Å²) in [5.41, 5.74) is 5.98. The molecule has 0 aliphatic rings. The Morgan fingerprint density at radius 1 is 1.35 bits per heavy atom. The molecule has 1 aromatic carbocycles. The minimum Gasteiger partial charge on any atom is -0.326 e. The standard InChI is InChI=1S/C12H11BrFN3O2S/c13-9-2-1-8(6-15)5-12(9)20(18,19)17-11-3-4-16-7-10(11)14/h1-5,7H,6,15H2,(H,16,17). The molecule has 0 amide bonds. The highest BCUT2D eigenvalue weighted by Gasteiger charge is 2.19. The van der Waals surface area contributed by atoms with Crippen LogP contribution in [0.25, 0.3) is 0 Å². The van der Waals surface area contributed by atoms with Crippen LogP contribution in [0, 0.1) is 5.82 Å². The molecule has 0 saturated carbocycles. The van der Waals surface area contributed by atoms with Crippen LogP contribution in [0.5, 0.6) is 0 Å². The number of nitrogens with two attached hydrogens (primary N) is 1. The zero-order valence-corrected chi connectivity index (χ0v) is 12.6. The summed E-state index contributed by atoms with van der Waals surface area (Å²) in [7, 11) is -3.92. The van der Waals surface area contributed by atoms with Crippen molar-refractivity contribution in [3.8, 4) is 0 Å². The quantitative estimate of drug-likeness (QED) is 0.876. The van der Waals surface area contributed by atoms with Gasteiger partial charge in [0.25, 0.3) is 10.0 Å². The minimum atomic E-state index is -3.92. The highest BCUT2D eigenvalue weighted by molar-refractivity contribution is 9.10. The maximum absolute atomic E-state index is 13.5. The smallest absolute Gasteiger partial charge is 0.263 e. The number of benzene rings is 1. The number of rotatable bonds is 4. The van der Waals surface area contributed by atoms with Crippen molar-refractivity contribution in [2.45, 2.75) is 11.4 Å². The molecular weight excluding hydrogens is 349 g/mol. The zero-order chi connectivity index (χ0) is 14.8. The molecule has 0 bridgehead atoms. The molecule has 2 aromatic rings. The Hall–Kier alpha value is -1.51. The predicted molar refractivity (Wildman–Crippen MR) is 77.0 cm³/mol. The number of sulfonamides is 1. The van der Waals surface area contributed by atoms with Crippen LogP contribution in [0.3, 0.4) is 0 Å². The lowest BCUT2D eigenvalue weighted by atomic mass is 10.2. The summed E-state index contributed by atoms with van der Waals surface area (Å²) in [6.07, 6.45) is 2.23. The molecule has 8 heteroatoms. The molecular formula is C12H11BrFN3O2S. The summed E-state index contributed by atoms with van der Waals surface area (Å²) in [5.74, 6) is -0.748. The number of nitrogens with zero attached hydrogens (tertiary/aromatic N) is 1. The van der Waals surface area contributed by atoms with Gasteiger partial charge in [0.2, 0.25) is 0 Å². The largest absolute Gasteiger partial charge is 0.326 e. The van der Waals surface area contributed by atoms with Crippen LogP contribution < -0.4 is 10.5 Å². The van der Waals surface area contributed by atoms with Crippen molar-refractivity contribution >= 4 is 31.6 Å². The van der Waals surface area contributed by atoms with Crippen LogP contribution in [0.1, 0.15) is 5.56 Å². The molecule has 5 nitrogen and oxygen atoms in total. The van der Waals surface area contributed by atoms with Crippen molar-refractivity contribution in [2.24, 2.45) is 5.73 Å². The Labute approximate surface area is 124 Å². The second-order valence-electron chi connectivity index (χ2n) is 3.93. The van der Waals surface area contributed by atoms with E-state index in [1.807, 2.05) is 0 Å². The lowest BCUT2D eigenvalue weighted by Gasteiger charge is -2.11. The second kappa shape index (κ2) is 5.86. The molecule has 1 aromatic heterocycles. The van der Waals surface area contributed by atoms with E-state index in [1.54, 1.807) is 12.1 Å². The van der Waals surface area contributed by atoms with Gasteiger partial charge in [-0.1, -0.05) is 6.07 Å². The van der Waals surface area contributed by atoms with Gasteiger partial charge in [0.05, 0.1) is 11.9 Å². The van der Waals surface area contributed by atoms with Gasteiger partial charge in [-0.25, -0.2) is 12.8 Å². The van der Waals surface area contributed by atoms with Gasteiger partial charge in [0.15, 0.2) is 5.82 Å². The van der Waals surface area contributed by atoms with E-state index in [2.05, 4.69) is 25.6 Å². The van der Waals surface area contributed by atoms with Crippen LogP contribution >= 0.6 is 15.9 Å². The highest BCUT2D eigenvalue weighted by Crippen LogP contribution is 2.26. The van der Waals surface area contributed by atoms with Crippen molar-refractivity contribution < 1.29 is 12.8 Å². The Morgan fingerprint density at radius 2 is 2.10 bits per heavy atom. The van der Waals surface area contributed by atoms with E-state index in [0.29, 0.717) is 10.0 Å². The van der Waals surface area contributed by atoms with Crippen molar-refractivity contribution in [3.05, 3.63) is 52.5 Å². The Kier molecular flexibility index (Phi) is 4.36. The molecule has 0 aliphatic carbocycles. The van der Waals surface area contributed by atoms with E-state index in [9.17, 15) is 12.8 Å². The SMILES string of the molecule is NCc1ccc(Br)c(S(=O)(=O)Nc2ccncc2F)c1. The van der Waals surface area contributed by atoms with Crippen LogP contribution in [0.15, 0.2) is 46.0 Å². The van der Waals surface area contributed by atoms with Gasteiger partial charge in [0.1, 0.15) is 4.90 Å². The fraction of sp³-hybridized carbons (Fsp3) is 0.0833. The van der Waals surface area contributed by atoms with Crippen molar-refractivity contribution in [1.82, 2.24) is 4.98 Å². The first-order valence-corrected chi connectivity index (χ1v) is 7.82. The highest BCUT2D eigenvalue weighted by atomic mass is 79.9. The van der Waals surface area contributed by atoms with Crippen LogP contribution in [-0.2, 0) is 16.6 Å². The number of halogens is 2. The third-order valence-electron chi connectivity index (χ3n) is 2.54. The third-order valence-corrected chi connectivity index (χ3v) is 4.90. The third kappa shape index (κ3) is 3.14. The maximum atomic E-state index is 13.5. The zero-order valence-electron chi connectivity index (χ0n) is 10.2. The van der Waals surface area contributed by atoms with E-state index in [1.165, 1.54) is 18.3 Å². The van der Waals surface area contributed by atoms with Gasteiger partial charge in [-0.2, -0.15) is 0 Å². The molecule has 3 N–H and O–H groups in total. The Bertz CT molecular complexity index is 737. The molecule has 0 atom stereocenters. The fourth-order valence-electron chi connectivity index (χ4n) is 1.54. The lowest BCUT2D eigenvalue weighted by Crippen LogP contribution is -2.15. The summed E-state index contributed by atoms with van der Waals surface area (Å²) in [4.78, 5) is 3.55. The lowest BCUT2D eigenvalue weighted by molar-refractivity contribution is 0.597. The molecule has 0 radical (unpaired) electrons. The molecule has 0 saturated heterocycles. The van der Waals surface area contributed by atoms with Crippen LogP contribution in [-0.4, -0.2) is 13.4 Å². The van der Waals surface area contributed by atoms with E-state index in [0.717, 1.165) is 6.20 Å². The maximum Gasteiger partial charge on any atom is 0.263 e. The average Bonchev–Trinajstić information content (AvgIpc) is 2.41. The molecule has 20 heavy (non-hydrogen) atoms. The number of hydrogen-bond acceptors (Lipinski definition) is 4. The van der Waals surface area contributed by atoms with Gasteiger partial charge in [-0.3, -0.25) is 9.71 Å². The van der Waals surface area contributed by atoms with Gasteiger partial charge in [0, 0.05) is 17.2 Å². The number of pyridine rings is 1. The van der Waals surface area contributed by atoms with Crippen molar-refractivity contribution in [2.75, 3.05) is 4.72 Å². The summed E-state index contributed by atoms with van der Waals surface area (Å²) in [6, 6.07) is 5.97. The molecule has 0 fully saturated rings. The predicted octanol–water partition coefficient (Wildman–Crippen LogP) is 2.24. The Morgan fingerprint density at radius 3 is 2.75 bits per heavy atom. The van der Waals surface area contributed by atoms with Crippen LogP contribution in [0.4, 0.5) is 10.1 Å². The Balaban J connectivity index is 2.43. The first-order chi connectivity index (χ1) is 9.44. The summed E-state index contributed by atoms with van der Waals surface area (Å²) < 4.78 is 40.6. The molecule has 106 valence electrons. The number of nitrogens with one attached hydrogen (secondary N) is 1. The molecule has 0 unspecified atom stereocenters. The normalized spacial score (nSPS) is 11.3. The summed E-state index contributed by atoms with van der Waals surface area (Å²) in [5, 5.41) is 0. The number of anilines is 1. The number of hydrogen-bond donors (Lipinski definition) is 2. The molecule has 0 aliphatic heterocycles. The van der Waals surface area contributed by atoms with E-state index in [-0.39, 0.29) is 17.1 Å². The first kappa shape index (κ1) is 14.9. The summed E-state index contributed by atoms with van der Waals surface area (Å²) >= 11 is 3.16. The van der Waals surface area contributed by atoms with E-state index < -0.39 is 15.8 Å². The van der Waals surface area contributed by atoms with Gasteiger partial charge in [-0.15, -0.1) is 0 Å². The first-order valence-electron chi connectivity index (χ1n) is 5.55. The average molecular weight is 360 g/mol. The minimum absolute atomic E-state index is 0.00309. The van der Waals surface area contributed by atoms with Crippen molar-refractivity contribution in [1.29, 1.82) is 0 Å². The van der Waals surface area contributed by atoms with Crippen LogP contribution in [0.2, 0.25) is 0 Å². The van der Waals surface area contributed by atoms with Gasteiger partial charge in [-0.05, 0) is 39.7 Å². The van der Waals surface area contributed by atoms with Gasteiger partial charge < -0.3 is 5.73 Å². The van der Waals surface area contributed by atoms with E-state index >= 15 is 0 Å². The molecule has 0 spiro atoms. The second-order valence-corrected chi connectivity index (χ2v) is 6.44. The topological polar surface area (TPSA) is 85.1 Å². The summed E-state index contributed by atoms with van der Waals surface area (Å²) in [6.45, 7) is 0.208. The van der Waals surface area contributed by atoms with Gasteiger partial charge >= 0.3 is 0 Å². The fourth-order valence-corrected chi connectivity index (χ4v) is 3.62. The number of aromatic nitrogens is 1. The monoisotopic (exact) mass is 359 g/mol. The van der Waals surface area contributed by atoms with E-state index in [4.69, 9.17) is 5.73 Å².